The summed E-state index contributed by atoms with van der Waals surface area (Å²) >= 11 is 0. The van der Waals surface area contributed by atoms with Crippen LogP contribution in [0.1, 0.15) is 30.5 Å². The molecule has 1 aromatic carbocycles. The molecule has 0 aliphatic carbocycles. The highest BCUT2D eigenvalue weighted by molar-refractivity contribution is 5.99. The monoisotopic (exact) mass is 329 g/mol. The topological polar surface area (TPSA) is 102 Å². The number of nitrogens with one attached hydrogen (secondary N) is 2. The molecule has 1 rings (SSSR count). The normalized spacial score (nSPS) is 12.5. The van der Waals surface area contributed by atoms with E-state index in [0.717, 1.165) is 22.4 Å². The zero-order chi connectivity index (χ0) is 18.4. The number of carbonyl (C=O) groups is 2. The lowest BCUT2D eigenvalue weighted by molar-refractivity contribution is -0.142. The summed E-state index contributed by atoms with van der Waals surface area (Å²) in [6, 6.07) is 4.74. The second-order valence-corrected chi connectivity index (χ2v) is 6.12. The Labute approximate surface area is 142 Å². The molecule has 1 unspecified atom stereocenters. The SMILES string of the molecule is Cc1cc(C)c(N/C=C(/C#N)C(=O)NC(C(=O)O)C(C)C)c(C)c1. The van der Waals surface area contributed by atoms with Gasteiger partial charge in [-0.25, -0.2) is 4.79 Å². The number of benzene rings is 1. The van der Waals surface area contributed by atoms with Gasteiger partial charge in [0.05, 0.1) is 0 Å². The standard InChI is InChI=1S/C18H23N3O3/c1-10(2)15(18(23)24)21-17(22)14(8-19)9-20-16-12(4)6-11(3)7-13(16)5/h6-7,9-10,15,20H,1-5H3,(H,21,22)(H,23,24)/b14-9-. The highest BCUT2D eigenvalue weighted by atomic mass is 16.4. The number of aliphatic carboxylic acids is 1. The fraction of sp³-hybridized carbons (Fsp3) is 0.389. The molecule has 0 aliphatic rings. The summed E-state index contributed by atoms with van der Waals surface area (Å²) < 4.78 is 0. The molecule has 1 amide bonds. The van der Waals surface area contributed by atoms with Gasteiger partial charge in [0.25, 0.3) is 5.91 Å². The lowest BCUT2D eigenvalue weighted by Gasteiger charge is -2.17. The molecule has 1 aromatic rings. The first-order chi connectivity index (χ1) is 11.2. The van der Waals surface area contributed by atoms with E-state index in [-0.39, 0.29) is 11.5 Å². The quantitative estimate of drug-likeness (QED) is 0.550. The minimum Gasteiger partial charge on any atom is -0.480 e. The summed E-state index contributed by atoms with van der Waals surface area (Å²) in [5, 5.41) is 23.7. The summed E-state index contributed by atoms with van der Waals surface area (Å²) in [4.78, 5) is 23.3. The molecular weight excluding hydrogens is 306 g/mol. The number of carbonyl (C=O) groups excluding carboxylic acids is 1. The number of anilines is 1. The van der Waals surface area contributed by atoms with Crippen LogP contribution in [0.4, 0.5) is 5.69 Å². The lowest BCUT2D eigenvalue weighted by Crippen LogP contribution is -2.44. The van der Waals surface area contributed by atoms with Crippen LogP contribution in [0.25, 0.3) is 0 Å². The van der Waals surface area contributed by atoms with Crippen molar-refractivity contribution in [3.05, 3.63) is 40.6 Å². The van der Waals surface area contributed by atoms with E-state index in [2.05, 4.69) is 10.6 Å². The predicted octanol–water partition coefficient (Wildman–Crippen LogP) is 2.66. The van der Waals surface area contributed by atoms with Crippen molar-refractivity contribution in [1.29, 1.82) is 5.26 Å². The second kappa shape index (κ2) is 8.16. The van der Waals surface area contributed by atoms with Crippen LogP contribution in [0.3, 0.4) is 0 Å². The summed E-state index contributed by atoms with van der Waals surface area (Å²) in [5.41, 5.74) is 3.75. The first-order valence-corrected chi connectivity index (χ1v) is 7.65. The third kappa shape index (κ3) is 4.85. The van der Waals surface area contributed by atoms with E-state index in [1.807, 2.05) is 32.9 Å². The van der Waals surface area contributed by atoms with Crippen LogP contribution in [0, 0.1) is 38.0 Å². The summed E-state index contributed by atoms with van der Waals surface area (Å²) in [6.45, 7) is 9.23. The molecule has 0 aromatic heterocycles. The van der Waals surface area contributed by atoms with E-state index in [1.165, 1.54) is 6.20 Å². The minimum atomic E-state index is -1.13. The number of rotatable bonds is 6. The van der Waals surface area contributed by atoms with Gasteiger partial charge in [-0.3, -0.25) is 4.79 Å². The Hall–Kier alpha value is -2.81. The Bertz CT molecular complexity index is 692. The third-order valence-electron chi connectivity index (χ3n) is 3.62. The van der Waals surface area contributed by atoms with Gasteiger partial charge in [-0.1, -0.05) is 31.5 Å². The number of nitriles is 1. The van der Waals surface area contributed by atoms with Crippen molar-refractivity contribution < 1.29 is 14.7 Å². The first-order valence-electron chi connectivity index (χ1n) is 7.65. The van der Waals surface area contributed by atoms with Gasteiger partial charge < -0.3 is 15.7 Å². The van der Waals surface area contributed by atoms with Crippen molar-refractivity contribution in [1.82, 2.24) is 5.32 Å². The van der Waals surface area contributed by atoms with Crippen LogP contribution in [0.5, 0.6) is 0 Å². The number of amides is 1. The van der Waals surface area contributed by atoms with Gasteiger partial charge in [0, 0.05) is 11.9 Å². The van der Waals surface area contributed by atoms with E-state index >= 15 is 0 Å². The minimum absolute atomic E-state index is 0.179. The van der Waals surface area contributed by atoms with Gasteiger partial charge in [0.1, 0.15) is 17.7 Å². The van der Waals surface area contributed by atoms with Crippen molar-refractivity contribution in [2.75, 3.05) is 5.32 Å². The highest BCUT2D eigenvalue weighted by Crippen LogP contribution is 2.22. The highest BCUT2D eigenvalue weighted by Gasteiger charge is 2.24. The van der Waals surface area contributed by atoms with E-state index < -0.39 is 17.9 Å². The van der Waals surface area contributed by atoms with Crippen LogP contribution in [-0.2, 0) is 9.59 Å². The van der Waals surface area contributed by atoms with Crippen molar-refractivity contribution in [3.8, 4) is 6.07 Å². The fourth-order valence-electron chi connectivity index (χ4n) is 2.43. The van der Waals surface area contributed by atoms with Crippen molar-refractivity contribution in [3.63, 3.8) is 0 Å². The molecule has 6 nitrogen and oxygen atoms in total. The fourth-order valence-corrected chi connectivity index (χ4v) is 2.43. The zero-order valence-corrected chi connectivity index (χ0v) is 14.6. The maximum atomic E-state index is 12.1. The molecular formula is C18H23N3O3. The van der Waals surface area contributed by atoms with Gasteiger partial charge in [0.15, 0.2) is 0 Å². The Balaban J connectivity index is 2.98. The van der Waals surface area contributed by atoms with Crippen molar-refractivity contribution >= 4 is 17.6 Å². The van der Waals surface area contributed by atoms with E-state index in [4.69, 9.17) is 5.11 Å². The second-order valence-electron chi connectivity index (χ2n) is 6.12. The van der Waals surface area contributed by atoms with E-state index in [9.17, 15) is 14.9 Å². The predicted molar refractivity (Wildman–Crippen MR) is 92.4 cm³/mol. The molecule has 0 spiro atoms. The van der Waals surface area contributed by atoms with Crippen LogP contribution < -0.4 is 10.6 Å². The molecule has 0 heterocycles. The van der Waals surface area contributed by atoms with Gasteiger partial charge in [-0.2, -0.15) is 5.26 Å². The Kier molecular flexibility index (Phi) is 6.54. The van der Waals surface area contributed by atoms with Crippen LogP contribution in [0.2, 0.25) is 0 Å². The molecule has 6 heteroatoms. The molecule has 24 heavy (non-hydrogen) atoms. The number of carboxylic acid groups (broad SMARTS) is 1. The zero-order valence-electron chi connectivity index (χ0n) is 14.6. The summed E-state index contributed by atoms with van der Waals surface area (Å²) in [7, 11) is 0. The number of hydrogen-bond donors (Lipinski definition) is 3. The number of hydrogen-bond acceptors (Lipinski definition) is 4. The van der Waals surface area contributed by atoms with E-state index in [0.29, 0.717) is 0 Å². The molecule has 0 radical (unpaired) electrons. The molecule has 3 N–H and O–H groups in total. The Morgan fingerprint density at radius 1 is 1.21 bits per heavy atom. The van der Waals surface area contributed by atoms with Crippen molar-refractivity contribution in [2.45, 2.75) is 40.7 Å². The maximum absolute atomic E-state index is 12.1. The number of nitrogens with zero attached hydrogens (tertiary/aromatic N) is 1. The van der Waals surface area contributed by atoms with Crippen LogP contribution >= 0.6 is 0 Å². The largest absolute Gasteiger partial charge is 0.480 e. The van der Waals surface area contributed by atoms with Crippen molar-refractivity contribution in [2.24, 2.45) is 5.92 Å². The maximum Gasteiger partial charge on any atom is 0.326 e. The summed E-state index contributed by atoms with van der Waals surface area (Å²) in [5.74, 6) is -2.14. The van der Waals surface area contributed by atoms with Gasteiger partial charge >= 0.3 is 5.97 Å². The summed E-state index contributed by atoms with van der Waals surface area (Å²) in [6.07, 6.45) is 1.30. The van der Waals surface area contributed by atoms with Gasteiger partial charge in [-0.15, -0.1) is 0 Å². The number of carboxylic acids is 1. The molecule has 0 aliphatic heterocycles. The average Bonchev–Trinajstić information content (AvgIpc) is 2.46. The van der Waals surface area contributed by atoms with E-state index in [1.54, 1.807) is 19.9 Å². The number of aryl methyl sites for hydroxylation is 3. The third-order valence-corrected chi connectivity index (χ3v) is 3.62. The van der Waals surface area contributed by atoms with Crippen LogP contribution in [-0.4, -0.2) is 23.0 Å². The average molecular weight is 329 g/mol. The molecule has 0 saturated heterocycles. The Morgan fingerprint density at radius 3 is 2.17 bits per heavy atom. The van der Waals surface area contributed by atoms with Crippen LogP contribution in [0.15, 0.2) is 23.9 Å². The molecule has 1 atom stereocenters. The smallest absolute Gasteiger partial charge is 0.326 e. The molecule has 0 fully saturated rings. The molecule has 0 bridgehead atoms. The lowest BCUT2D eigenvalue weighted by atomic mass is 10.0. The van der Waals surface area contributed by atoms with Gasteiger partial charge in [-0.05, 0) is 37.8 Å². The Morgan fingerprint density at radius 2 is 1.75 bits per heavy atom. The first kappa shape index (κ1) is 19.2. The molecule has 128 valence electrons. The van der Waals surface area contributed by atoms with Gasteiger partial charge in [0.2, 0.25) is 0 Å². The molecule has 0 saturated carbocycles.